The van der Waals surface area contributed by atoms with Crippen molar-refractivity contribution in [3.63, 3.8) is 0 Å². The zero-order valence-corrected chi connectivity index (χ0v) is 16.6. The van der Waals surface area contributed by atoms with E-state index < -0.39 is 0 Å². The van der Waals surface area contributed by atoms with Gasteiger partial charge in [0.15, 0.2) is 16.4 Å². The molecule has 27 heavy (non-hydrogen) atoms. The third-order valence-electron chi connectivity index (χ3n) is 4.26. The first-order chi connectivity index (χ1) is 13.2. The second-order valence-electron chi connectivity index (χ2n) is 6.44. The highest BCUT2D eigenvalue weighted by Crippen LogP contribution is 2.20. The normalized spacial score (nSPS) is 11.3. The van der Waals surface area contributed by atoms with Gasteiger partial charge in [0, 0.05) is 6.54 Å². The van der Waals surface area contributed by atoms with Crippen LogP contribution in [0.1, 0.15) is 11.1 Å². The maximum Gasteiger partial charge on any atom is 0.199 e. The van der Waals surface area contributed by atoms with Crippen LogP contribution < -0.4 is 0 Å². The van der Waals surface area contributed by atoms with Gasteiger partial charge in [0.2, 0.25) is 0 Å². The summed E-state index contributed by atoms with van der Waals surface area (Å²) in [5.74, 6) is 1.47. The summed E-state index contributed by atoms with van der Waals surface area (Å²) in [5.41, 5.74) is 2.47. The lowest BCUT2D eigenvalue weighted by Gasteiger charge is -2.15. The largest absolute Gasteiger partial charge is 0.461 e. The summed E-state index contributed by atoms with van der Waals surface area (Å²) >= 11 is 7.46. The molecule has 0 fully saturated rings. The van der Waals surface area contributed by atoms with Crippen LogP contribution in [-0.2, 0) is 19.8 Å². The summed E-state index contributed by atoms with van der Waals surface area (Å²) in [5, 5.41) is 9.02. The smallest absolute Gasteiger partial charge is 0.199 e. The van der Waals surface area contributed by atoms with Crippen LogP contribution in [0.25, 0.3) is 11.6 Å². The van der Waals surface area contributed by atoms with Crippen molar-refractivity contribution in [3.8, 4) is 11.6 Å². The van der Waals surface area contributed by atoms with Crippen LogP contribution in [0.5, 0.6) is 0 Å². The predicted molar refractivity (Wildman–Crippen MR) is 110 cm³/mol. The number of benzene rings is 1. The topological polar surface area (TPSA) is 39.1 Å². The molecular weight excluding hydrogens is 376 g/mol. The highest BCUT2D eigenvalue weighted by Gasteiger charge is 2.16. The minimum absolute atomic E-state index is 0.615. The van der Waals surface area contributed by atoms with E-state index in [2.05, 4.69) is 40.9 Å². The second kappa shape index (κ2) is 8.04. The van der Waals surface area contributed by atoms with Crippen LogP contribution in [0.4, 0.5) is 0 Å². The van der Waals surface area contributed by atoms with Gasteiger partial charge in [-0.15, -0.1) is 5.10 Å². The summed E-state index contributed by atoms with van der Waals surface area (Å²) in [4.78, 5) is 2.20. The van der Waals surface area contributed by atoms with Gasteiger partial charge in [-0.1, -0.05) is 30.3 Å². The Morgan fingerprint density at radius 1 is 1.11 bits per heavy atom. The molecule has 7 heteroatoms. The molecule has 0 amide bonds. The minimum Gasteiger partial charge on any atom is -0.461 e. The van der Waals surface area contributed by atoms with Gasteiger partial charge >= 0.3 is 0 Å². The van der Waals surface area contributed by atoms with E-state index in [1.54, 1.807) is 17.6 Å². The molecule has 4 rings (SSSR count). The molecule has 0 radical (unpaired) electrons. The Bertz CT molecular complexity index is 1030. The molecule has 0 aliphatic heterocycles. The third kappa shape index (κ3) is 4.10. The number of rotatable bonds is 7. The first kappa shape index (κ1) is 17.9. The van der Waals surface area contributed by atoms with E-state index in [4.69, 9.17) is 21.7 Å². The molecule has 0 aliphatic carbocycles. The maximum atomic E-state index is 5.75. The first-order valence-electron chi connectivity index (χ1n) is 8.66. The van der Waals surface area contributed by atoms with Gasteiger partial charge in [-0.05, 0) is 59.4 Å². The average Bonchev–Trinajstić information content (AvgIpc) is 3.41. The highest BCUT2D eigenvalue weighted by molar-refractivity contribution is 7.71. The standard InChI is InChI=1S/C20H20N4OS2/c1-22(12-17-9-11-27-14-17)15-24-20(26)23(13-16-6-3-2-4-7-16)19(21-24)18-8-5-10-25-18/h2-11,14H,12-13,15H2,1H3. The number of hydrogen-bond donors (Lipinski definition) is 0. The lowest BCUT2D eigenvalue weighted by atomic mass is 10.2. The van der Waals surface area contributed by atoms with E-state index in [1.807, 2.05) is 39.6 Å². The van der Waals surface area contributed by atoms with E-state index in [0.29, 0.717) is 18.0 Å². The van der Waals surface area contributed by atoms with Crippen LogP contribution >= 0.6 is 23.6 Å². The zero-order chi connectivity index (χ0) is 18.6. The summed E-state index contributed by atoms with van der Waals surface area (Å²) in [6, 6.07) is 16.2. The third-order valence-corrected chi connectivity index (χ3v) is 5.42. The fourth-order valence-corrected chi connectivity index (χ4v) is 3.91. The van der Waals surface area contributed by atoms with Crippen LogP contribution in [0.3, 0.4) is 0 Å². The highest BCUT2D eigenvalue weighted by atomic mass is 32.1. The van der Waals surface area contributed by atoms with E-state index in [1.165, 1.54) is 11.1 Å². The number of aromatic nitrogens is 3. The maximum absolute atomic E-state index is 5.75. The summed E-state index contributed by atoms with van der Waals surface area (Å²) in [6.45, 7) is 2.13. The number of furan rings is 1. The molecule has 4 aromatic rings. The molecule has 0 unspecified atom stereocenters. The minimum atomic E-state index is 0.615. The van der Waals surface area contributed by atoms with Gasteiger partial charge in [-0.2, -0.15) is 11.3 Å². The monoisotopic (exact) mass is 396 g/mol. The van der Waals surface area contributed by atoms with Crippen molar-refractivity contribution >= 4 is 23.6 Å². The Kier molecular flexibility index (Phi) is 5.33. The molecule has 0 saturated heterocycles. The van der Waals surface area contributed by atoms with Gasteiger partial charge in [-0.25, -0.2) is 4.68 Å². The van der Waals surface area contributed by atoms with E-state index in [0.717, 1.165) is 18.1 Å². The Morgan fingerprint density at radius 2 is 1.96 bits per heavy atom. The molecule has 0 bridgehead atoms. The molecule has 138 valence electrons. The van der Waals surface area contributed by atoms with Crippen molar-refractivity contribution in [2.45, 2.75) is 19.8 Å². The quantitative estimate of drug-likeness (QED) is 0.418. The molecule has 5 nitrogen and oxygen atoms in total. The van der Waals surface area contributed by atoms with Gasteiger partial charge in [0.05, 0.1) is 19.5 Å². The predicted octanol–water partition coefficient (Wildman–Crippen LogP) is 4.87. The molecule has 1 aromatic carbocycles. The Morgan fingerprint density at radius 3 is 2.67 bits per heavy atom. The molecule has 3 aromatic heterocycles. The van der Waals surface area contributed by atoms with Gasteiger partial charge in [0.1, 0.15) is 0 Å². The lowest BCUT2D eigenvalue weighted by Crippen LogP contribution is -2.22. The van der Waals surface area contributed by atoms with Gasteiger partial charge in [0.25, 0.3) is 0 Å². The summed E-state index contributed by atoms with van der Waals surface area (Å²) in [7, 11) is 2.07. The second-order valence-corrected chi connectivity index (χ2v) is 7.59. The summed E-state index contributed by atoms with van der Waals surface area (Å²) < 4.78 is 10.2. The molecule has 3 heterocycles. The van der Waals surface area contributed by atoms with Crippen molar-refractivity contribution in [1.29, 1.82) is 0 Å². The van der Waals surface area contributed by atoms with Crippen molar-refractivity contribution in [2.24, 2.45) is 0 Å². The van der Waals surface area contributed by atoms with Gasteiger partial charge < -0.3 is 4.42 Å². The molecule has 0 aliphatic rings. The molecular formula is C20H20N4OS2. The lowest BCUT2D eigenvalue weighted by molar-refractivity contribution is 0.244. The van der Waals surface area contributed by atoms with Crippen molar-refractivity contribution < 1.29 is 4.42 Å². The van der Waals surface area contributed by atoms with Crippen LogP contribution in [0, 0.1) is 4.77 Å². The Hall–Kier alpha value is -2.48. The molecule has 0 N–H and O–H groups in total. The van der Waals surface area contributed by atoms with E-state index in [9.17, 15) is 0 Å². The summed E-state index contributed by atoms with van der Waals surface area (Å²) in [6.07, 6.45) is 1.66. The fraction of sp³-hybridized carbons (Fsp3) is 0.200. The average molecular weight is 397 g/mol. The number of hydrogen-bond acceptors (Lipinski definition) is 5. The SMILES string of the molecule is CN(Cc1ccsc1)Cn1nc(-c2ccco2)n(Cc2ccccc2)c1=S. The molecule has 0 atom stereocenters. The van der Waals surface area contributed by atoms with Crippen LogP contribution in [0.15, 0.2) is 70.0 Å². The molecule has 0 spiro atoms. The molecule has 0 saturated carbocycles. The Balaban J connectivity index is 1.64. The van der Waals surface area contributed by atoms with Crippen molar-refractivity contribution in [2.75, 3.05) is 7.05 Å². The van der Waals surface area contributed by atoms with Crippen molar-refractivity contribution in [1.82, 2.24) is 19.2 Å². The van der Waals surface area contributed by atoms with Crippen molar-refractivity contribution in [3.05, 3.63) is 81.5 Å². The first-order valence-corrected chi connectivity index (χ1v) is 10.0. The Labute approximate surface area is 167 Å². The van der Waals surface area contributed by atoms with Gasteiger partial charge in [-0.3, -0.25) is 9.47 Å². The van der Waals surface area contributed by atoms with E-state index in [-0.39, 0.29) is 0 Å². The van der Waals surface area contributed by atoms with E-state index >= 15 is 0 Å². The number of thiophene rings is 1. The van der Waals surface area contributed by atoms with Crippen LogP contribution in [0.2, 0.25) is 0 Å². The van der Waals surface area contributed by atoms with Crippen LogP contribution in [-0.4, -0.2) is 26.3 Å². The number of nitrogens with zero attached hydrogens (tertiary/aromatic N) is 4. The fourth-order valence-electron chi connectivity index (χ4n) is 3.00. The zero-order valence-electron chi connectivity index (χ0n) is 15.0.